The summed E-state index contributed by atoms with van der Waals surface area (Å²) in [6, 6.07) is 14.7. The highest BCUT2D eigenvalue weighted by atomic mass is 35.5. The number of hydrogen-bond donors (Lipinski definition) is 1. The van der Waals surface area contributed by atoms with Gasteiger partial charge < -0.3 is 10.1 Å². The van der Waals surface area contributed by atoms with E-state index in [0.29, 0.717) is 16.4 Å². The van der Waals surface area contributed by atoms with E-state index in [9.17, 15) is 14.0 Å². The summed E-state index contributed by atoms with van der Waals surface area (Å²) in [6.45, 7) is 1.54. The van der Waals surface area contributed by atoms with Gasteiger partial charge >= 0.3 is 0 Å². The molecule has 1 atom stereocenters. The normalized spacial score (nSPS) is 11.7. The second-order valence-corrected chi connectivity index (χ2v) is 6.03. The molecule has 1 aromatic heterocycles. The monoisotopic (exact) mass is 387 g/mol. The van der Waals surface area contributed by atoms with Crippen LogP contribution in [0, 0.1) is 5.82 Å². The number of anilines is 1. The van der Waals surface area contributed by atoms with Gasteiger partial charge in [0.25, 0.3) is 11.5 Å². The molecule has 1 heterocycles. The van der Waals surface area contributed by atoms with Crippen molar-refractivity contribution in [3.63, 3.8) is 0 Å². The quantitative estimate of drug-likeness (QED) is 0.728. The van der Waals surface area contributed by atoms with Crippen LogP contribution in [0.2, 0.25) is 5.02 Å². The SMILES string of the molecule is CC(Oc1ccc(=O)n(-c2ccc(F)cc2)n1)C(=O)Nc1ccccc1Cl. The van der Waals surface area contributed by atoms with Crippen LogP contribution in [0.3, 0.4) is 0 Å². The van der Waals surface area contributed by atoms with E-state index in [4.69, 9.17) is 16.3 Å². The number of ether oxygens (including phenoxy) is 1. The summed E-state index contributed by atoms with van der Waals surface area (Å²) in [7, 11) is 0. The molecule has 1 amide bonds. The Morgan fingerprint density at radius 1 is 1.15 bits per heavy atom. The Morgan fingerprint density at radius 3 is 2.56 bits per heavy atom. The molecule has 27 heavy (non-hydrogen) atoms. The molecule has 0 spiro atoms. The molecule has 0 saturated heterocycles. The van der Waals surface area contributed by atoms with Crippen molar-refractivity contribution in [1.29, 1.82) is 0 Å². The fourth-order valence-electron chi connectivity index (χ4n) is 2.26. The first-order chi connectivity index (χ1) is 12.9. The van der Waals surface area contributed by atoms with Crippen LogP contribution in [-0.2, 0) is 4.79 Å². The van der Waals surface area contributed by atoms with Gasteiger partial charge in [0.1, 0.15) is 5.82 Å². The van der Waals surface area contributed by atoms with Crippen LogP contribution in [0.1, 0.15) is 6.92 Å². The Labute approximate surface area is 159 Å². The largest absolute Gasteiger partial charge is 0.463 e. The number of carbonyl (C=O) groups excluding carboxylic acids is 1. The van der Waals surface area contributed by atoms with Crippen molar-refractivity contribution in [1.82, 2.24) is 9.78 Å². The van der Waals surface area contributed by atoms with Crippen LogP contribution in [0.25, 0.3) is 5.69 Å². The molecule has 8 heteroatoms. The number of nitrogens with zero attached hydrogens (tertiary/aromatic N) is 2. The summed E-state index contributed by atoms with van der Waals surface area (Å²) in [6.07, 6.45) is -0.895. The highest BCUT2D eigenvalue weighted by molar-refractivity contribution is 6.33. The van der Waals surface area contributed by atoms with Gasteiger partial charge in [-0.25, -0.2) is 4.39 Å². The zero-order valence-electron chi connectivity index (χ0n) is 14.2. The number of amides is 1. The molecule has 1 N–H and O–H groups in total. The maximum absolute atomic E-state index is 13.1. The van der Waals surface area contributed by atoms with Crippen molar-refractivity contribution < 1.29 is 13.9 Å². The third-order valence-electron chi connectivity index (χ3n) is 3.65. The van der Waals surface area contributed by atoms with Gasteiger partial charge in [-0.2, -0.15) is 4.68 Å². The Hall–Kier alpha value is -3.19. The van der Waals surface area contributed by atoms with E-state index >= 15 is 0 Å². The topological polar surface area (TPSA) is 73.2 Å². The molecule has 3 rings (SSSR count). The Balaban J connectivity index is 1.76. The lowest BCUT2D eigenvalue weighted by Gasteiger charge is -2.15. The van der Waals surface area contributed by atoms with Crippen molar-refractivity contribution in [3.8, 4) is 11.6 Å². The number of benzene rings is 2. The molecule has 0 saturated carbocycles. The standard InChI is InChI=1S/C19H15ClFN3O3/c1-12(19(26)22-16-5-3-2-4-15(16)20)27-17-10-11-18(25)24(23-17)14-8-6-13(21)7-9-14/h2-12H,1H3,(H,22,26). The highest BCUT2D eigenvalue weighted by Gasteiger charge is 2.17. The number of para-hydroxylation sites is 1. The van der Waals surface area contributed by atoms with Gasteiger partial charge in [0, 0.05) is 12.1 Å². The first-order valence-corrected chi connectivity index (χ1v) is 8.40. The summed E-state index contributed by atoms with van der Waals surface area (Å²) in [4.78, 5) is 24.3. The van der Waals surface area contributed by atoms with E-state index in [-0.39, 0.29) is 5.88 Å². The van der Waals surface area contributed by atoms with Gasteiger partial charge in [-0.05, 0) is 43.3 Å². The summed E-state index contributed by atoms with van der Waals surface area (Å²) in [5.74, 6) is -0.783. The zero-order chi connectivity index (χ0) is 19.4. The van der Waals surface area contributed by atoms with Gasteiger partial charge in [-0.15, -0.1) is 5.10 Å². The van der Waals surface area contributed by atoms with E-state index < -0.39 is 23.4 Å². The summed E-state index contributed by atoms with van der Waals surface area (Å²) >= 11 is 6.02. The van der Waals surface area contributed by atoms with Crippen molar-refractivity contribution >= 4 is 23.2 Å². The predicted octanol–water partition coefficient (Wildman–Crippen LogP) is 3.43. The lowest BCUT2D eigenvalue weighted by atomic mass is 10.3. The van der Waals surface area contributed by atoms with Crippen LogP contribution in [0.15, 0.2) is 65.5 Å². The van der Waals surface area contributed by atoms with Gasteiger partial charge in [-0.3, -0.25) is 9.59 Å². The van der Waals surface area contributed by atoms with Crippen LogP contribution in [0.5, 0.6) is 5.88 Å². The van der Waals surface area contributed by atoms with Gasteiger partial charge in [0.2, 0.25) is 5.88 Å². The second-order valence-electron chi connectivity index (χ2n) is 5.63. The molecule has 0 aliphatic heterocycles. The smallest absolute Gasteiger partial charge is 0.271 e. The van der Waals surface area contributed by atoms with E-state index in [0.717, 1.165) is 4.68 Å². The predicted molar refractivity (Wildman–Crippen MR) is 100.0 cm³/mol. The van der Waals surface area contributed by atoms with E-state index in [1.54, 1.807) is 31.2 Å². The van der Waals surface area contributed by atoms with Gasteiger partial charge in [0.15, 0.2) is 6.10 Å². The minimum atomic E-state index is -0.895. The molecule has 0 radical (unpaired) electrons. The Kier molecular flexibility index (Phi) is 5.52. The fraction of sp³-hybridized carbons (Fsp3) is 0.105. The van der Waals surface area contributed by atoms with Gasteiger partial charge in [-0.1, -0.05) is 23.7 Å². The van der Waals surface area contributed by atoms with Crippen molar-refractivity contribution in [3.05, 3.63) is 81.9 Å². The molecule has 0 aliphatic rings. The van der Waals surface area contributed by atoms with Crippen molar-refractivity contribution in [2.75, 3.05) is 5.32 Å². The van der Waals surface area contributed by atoms with Crippen molar-refractivity contribution in [2.24, 2.45) is 0 Å². The third-order valence-corrected chi connectivity index (χ3v) is 3.98. The number of carbonyl (C=O) groups is 1. The molecular weight excluding hydrogens is 373 g/mol. The Morgan fingerprint density at radius 2 is 1.85 bits per heavy atom. The van der Waals surface area contributed by atoms with Gasteiger partial charge in [0.05, 0.1) is 16.4 Å². The molecule has 0 bridgehead atoms. The number of aromatic nitrogens is 2. The van der Waals surface area contributed by atoms with Crippen LogP contribution >= 0.6 is 11.6 Å². The molecule has 0 aliphatic carbocycles. The zero-order valence-corrected chi connectivity index (χ0v) is 15.0. The fourth-order valence-corrected chi connectivity index (χ4v) is 2.44. The highest BCUT2D eigenvalue weighted by Crippen LogP contribution is 2.21. The molecule has 0 fully saturated rings. The second kappa shape index (κ2) is 8.01. The van der Waals surface area contributed by atoms with Crippen LogP contribution < -0.4 is 15.6 Å². The first-order valence-electron chi connectivity index (χ1n) is 8.02. The molecule has 3 aromatic rings. The summed E-state index contributed by atoms with van der Waals surface area (Å²) in [5, 5.41) is 7.14. The average molecular weight is 388 g/mol. The lowest BCUT2D eigenvalue weighted by molar-refractivity contribution is -0.122. The lowest BCUT2D eigenvalue weighted by Crippen LogP contribution is -2.31. The number of rotatable bonds is 5. The van der Waals surface area contributed by atoms with E-state index in [1.165, 1.54) is 36.4 Å². The van der Waals surface area contributed by atoms with E-state index in [2.05, 4.69) is 10.4 Å². The van der Waals surface area contributed by atoms with E-state index in [1.807, 2.05) is 0 Å². The average Bonchev–Trinajstić information content (AvgIpc) is 2.66. The maximum atomic E-state index is 13.1. The number of hydrogen-bond acceptors (Lipinski definition) is 4. The first kappa shape index (κ1) is 18.6. The summed E-state index contributed by atoms with van der Waals surface area (Å²) < 4.78 is 19.7. The molecular formula is C19H15ClFN3O3. The number of nitrogens with one attached hydrogen (secondary N) is 1. The van der Waals surface area contributed by atoms with Crippen LogP contribution in [0.4, 0.5) is 10.1 Å². The number of halogens is 2. The minimum Gasteiger partial charge on any atom is -0.463 e. The van der Waals surface area contributed by atoms with Crippen LogP contribution in [-0.4, -0.2) is 21.8 Å². The molecule has 2 aromatic carbocycles. The molecule has 1 unspecified atom stereocenters. The maximum Gasteiger partial charge on any atom is 0.271 e. The minimum absolute atomic E-state index is 0.0701. The molecule has 138 valence electrons. The summed E-state index contributed by atoms with van der Waals surface area (Å²) in [5.41, 5.74) is 0.422. The van der Waals surface area contributed by atoms with Crippen molar-refractivity contribution in [2.45, 2.75) is 13.0 Å². The molecule has 6 nitrogen and oxygen atoms in total. The Bertz CT molecular complexity index is 1020. The third kappa shape index (κ3) is 4.51.